The zero-order chi connectivity index (χ0) is 12.4. The van der Waals surface area contributed by atoms with Gasteiger partial charge in [0.1, 0.15) is 5.54 Å². The van der Waals surface area contributed by atoms with Crippen LogP contribution in [0.4, 0.5) is 0 Å². The van der Waals surface area contributed by atoms with E-state index in [0.29, 0.717) is 13.0 Å². The van der Waals surface area contributed by atoms with Crippen LogP contribution in [0.25, 0.3) is 0 Å². The Labute approximate surface area is 92.6 Å². The van der Waals surface area contributed by atoms with Crippen LogP contribution >= 0.6 is 0 Å². The molecule has 0 aromatic heterocycles. The van der Waals surface area contributed by atoms with Gasteiger partial charge < -0.3 is 26.0 Å². The first kappa shape index (κ1) is 12.9. The maximum Gasteiger partial charge on any atom is 0.337 e. The lowest BCUT2D eigenvalue weighted by Crippen LogP contribution is -2.57. The second-order valence-electron chi connectivity index (χ2n) is 4.22. The summed E-state index contributed by atoms with van der Waals surface area (Å²) >= 11 is 0. The van der Waals surface area contributed by atoms with Gasteiger partial charge in [0.05, 0.1) is 13.2 Å². The second-order valence-corrected chi connectivity index (χ2v) is 4.22. The summed E-state index contributed by atoms with van der Waals surface area (Å²) in [7, 11) is 0. The summed E-state index contributed by atoms with van der Waals surface area (Å²) < 4.78 is 5.00. The van der Waals surface area contributed by atoms with Gasteiger partial charge in [-0.2, -0.15) is 0 Å². The number of aliphatic hydroxyl groups is 1. The van der Waals surface area contributed by atoms with Crippen LogP contribution in [0.5, 0.6) is 0 Å². The quantitative estimate of drug-likeness (QED) is 0.447. The first-order valence-corrected chi connectivity index (χ1v) is 4.89. The number of ether oxygens (including phenoxy) is 1. The molecule has 2 atom stereocenters. The average molecular weight is 232 g/mol. The smallest absolute Gasteiger partial charge is 0.337 e. The summed E-state index contributed by atoms with van der Waals surface area (Å²) in [4.78, 5) is 22.2. The third kappa shape index (κ3) is 2.69. The predicted octanol–water partition coefficient (Wildman–Crippen LogP) is -1.94. The van der Waals surface area contributed by atoms with E-state index in [2.05, 4.69) is 5.32 Å². The standard InChI is InChI=1S/C9H16N2O5/c1-8(15,7(13)14)4-11-6(12)9(10)2-3-16-5-9/h15H,2-5,10H2,1H3,(H,11,12)(H,13,14). The van der Waals surface area contributed by atoms with Crippen LogP contribution in [0, 0.1) is 0 Å². The lowest BCUT2D eigenvalue weighted by molar-refractivity contribution is -0.156. The largest absolute Gasteiger partial charge is 0.479 e. The van der Waals surface area contributed by atoms with Gasteiger partial charge in [-0.25, -0.2) is 4.79 Å². The number of rotatable bonds is 4. The number of amides is 1. The molecule has 5 N–H and O–H groups in total. The molecule has 16 heavy (non-hydrogen) atoms. The highest BCUT2D eigenvalue weighted by Gasteiger charge is 2.40. The average Bonchev–Trinajstić information content (AvgIpc) is 2.62. The second kappa shape index (κ2) is 4.36. The summed E-state index contributed by atoms with van der Waals surface area (Å²) in [5.74, 6) is -1.91. The van der Waals surface area contributed by atoms with Crippen molar-refractivity contribution in [1.82, 2.24) is 5.32 Å². The zero-order valence-electron chi connectivity index (χ0n) is 9.02. The lowest BCUT2D eigenvalue weighted by Gasteiger charge is -2.24. The molecule has 0 spiro atoms. The van der Waals surface area contributed by atoms with Gasteiger partial charge >= 0.3 is 5.97 Å². The number of aliphatic carboxylic acids is 1. The van der Waals surface area contributed by atoms with Gasteiger partial charge in [0.15, 0.2) is 5.60 Å². The Balaban J connectivity index is 2.50. The van der Waals surface area contributed by atoms with Crippen molar-refractivity contribution >= 4 is 11.9 Å². The van der Waals surface area contributed by atoms with Gasteiger partial charge in [-0.3, -0.25) is 4.79 Å². The number of carbonyl (C=O) groups excluding carboxylic acids is 1. The number of nitrogens with two attached hydrogens (primary N) is 1. The maximum atomic E-state index is 11.6. The fraction of sp³-hybridized carbons (Fsp3) is 0.778. The van der Waals surface area contributed by atoms with E-state index < -0.39 is 23.0 Å². The van der Waals surface area contributed by atoms with Crippen molar-refractivity contribution in [3.8, 4) is 0 Å². The fourth-order valence-corrected chi connectivity index (χ4v) is 1.26. The minimum Gasteiger partial charge on any atom is -0.479 e. The van der Waals surface area contributed by atoms with Gasteiger partial charge in [0, 0.05) is 6.61 Å². The molecule has 7 nitrogen and oxygen atoms in total. The molecule has 1 heterocycles. The first-order chi connectivity index (χ1) is 7.28. The molecule has 1 aliphatic heterocycles. The van der Waals surface area contributed by atoms with E-state index in [0.717, 1.165) is 6.92 Å². The van der Waals surface area contributed by atoms with E-state index >= 15 is 0 Å². The van der Waals surface area contributed by atoms with Crippen molar-refractivity contribution in [3.63, 3.8) is 0 Å². The highest BCUT2D eigenvalue weighted by molar-refractivity contribution is 5.87. The van der Waals surface area contributed by atoms with E-state index in [1.807, 2.05) is 0 Å². The minimum absolute atomic E-state index is 0.105. The molecular formula is C9H16N2O5. The highest BCUT2D eigenvalue weighted by Crippen LogP contribution is 2.15. The number of nitrogens with one attached hydrogen (secondary N) is 1. The Bertz CT molecular complexity index is 296. The summed E-state index contributed by atoms with van der Waals surface area (Å²) in [6, 6.07) is 0. The summed E-state index contributed by atoms with van der Waals surface area (Å²) in [6.45, 7) is 1.22. The molecule has 1 saturated heterocycles. The predicted molar refractivity (Wildman–Crippen MR) is 53.6 cm³/mol. The maximum absolute atomic E-state index is 11.6. The van der Waals surface area contributed by atoms with Crippen molar-refractivity contribution < 1.29 is 24.5 Å². The van der Waals surface area contributed by atoms with E-state index in [-0.39, 0.29) is 13.2 Å². The normalized spacial score (nSPS) is 28.4. The first-order valence-electron chi connectivity index (χ1n) is 4.89. The summed E-state index contributed by atoms with van der Waals surface area (Å²) in [5.41, 5.74) is 2.63. The SMILES string of the molecule is CC(O)(CNC(=O)C1(N)CCOC1)C(=O)O. The van der Waals surface area contributed by atoms with E-state index in [9.17, 15) is 14.7 Å². The fourth-order valence-electron chi connectivity index (χ4n) is 1.26. The van der Waals surface area contributed by atoms with Crippen molar-refractivity contribution in [3.05, 3.63) is 0 Å². The van der Waals surface area contributed by atoms with Crippen LogP contribution in [0.2, 0.25) is 0 Å². The van der Waals surface area contributed by atoms with Crippen LogP contribution in [0.15, 0.2) is 0 Å². The molecule has 0 saturated carbocycles. The molecular weight excluding hydrogens is 216 g/mol. The molecule has 0 aromatic rings. The van der Waals surface area contributed by atoms with E-state index in [1.54, 1.807) is 0 Å². The monoisotopic (exact) mass is 232 g/mol. The molecule has 7 heteroatoms. The van der Waals surface area contributed by atoms with Crippen LogP contribution in [0.1, 0.15) is 13.3 Å². The van der Waals surface area contributed by atoms with E-state index in [4.69, 9.17) is 15.6 Å². The van der Waals surface area contributed by atoms with Gasteiger partial charge in [-0.05, 0) is 13.3 Å². The zero-order valence-corrected chi connectivity index (χ0v) is 9.02. The van der Waals surface area contributed by atoms with Gasteiger partial charge in [0.2, 0.25) is 5.91 Å². The van der Waals surface area contributed by atoms with Crippen molar-refractivity contribution in [1.29, 1.82) is 0 Å². The summed E-state index contributed by atoms with van der Waals surface area (Å²) in [6.07, 6.45) is 0.383. The van der Waals surface area contributed by atoms with Gasteiger partial charge in [0.25, 0.3) is 0 Å². The number of hydrogen-bond donors (Lipinski definition) is 4. The number of hydrogen-bond acceptors (Lipinski definition) is 5. The molecule has 2 unspecified atom stereocenters. The topological polar surface area (TPSA) is 122 Å². The lowest BCUT2D eigenvalue weighted by atomic mass is 9.98. The molecule has 0 aliphatic carbocycles. The Morgan fingerprint density at radius 1 is 1.62 bits per heavy atom. The molecule has 92 valence electrons. The third-order valence-electron chi connectivity index (χ3n) is 2.56. The molecule has 1 amide bonds. The van der Waals surface area contributed by atoms with Crippen LogP contribution in [-0.2, 0) is 14.3 Å². The Morgan fingerprint density at radius 3 is 2.69 bits per heavy atom. The van der Waals surface area contributed by atoms with Crippen molar-refractivity contribution in [2.75, 3.05) is 19.8 Å². The van der Waals surface area contributed by atoms with Gasteiger partial charge in [-0.1, -0.05) is 0 Å². The Hall–Kier alpha value is -1.18. The number of carboxylic acids is 1. The van der Waals surface area contributed by atoms with Gasteiger partial charge in [-0.15, -0.1) is 0 Å². The Kier molecular flexibility index (Phi) is 3.51. The molecule has 1 aliphatic rings. The summed E-state index contributed by atoms with van der Waals surface area (Å²) in [5, 5.41) is 20.3. The Morgan fingerprint density at radius 2 is 2.25 bits per heavy atom. The number of carboxylic acid groups (broad SMARTS) is 1. The molecule has 1 rings (SSSR count). The third-order valence-corrected chi connectivity index (χ3v) is 2.56. The van der Waals surface area contributed by atoms with Crippen LogP contribution in [-0.4, -0.2) is 53.0 Å². The number of carbonyl (C=O) groups is 2. The molecule has 0 aromatic carbocycles. The van der Waals surface area contributed by atoms with Crippen molar-refractivity contribution in [2.45, 2.75) is 24.5 Å². The van der Waals surface area contributed by atoms with E-state index in [1.165, 1.54) is 0 Å². The van der Waals surface area contributed by atoms with Crippen molar-refractivity contribution in [2.24, 2.45) is 5.73 Å². The molecule has 0 bridgehead atoms. The molecule has 1 fully saturated rings. The minimum atomic E-state index is -1.99. The highest BCUT2D eigenvalue weighted by atomic mass is 16.5. The van der Waals surface area contributed by atoms with Crippen LogP contribution in [0.3, 0.4) is 0 Å². The van der Waals surface area contributed by atoms with Crippen LogP contribution < -0.4 is 11.1 Å². The molecule has 0 radical (unpaired) electrons.